The van der Waals surface area contributed by atoms with Gasteiger partial charge in [-0.25, -0.2) is 12.8 Å². The molecule has 0 saturated heterocycles. The summed E-state index contributed by atoms with van der Waals surface area (Å²) in [7, 11) is -6.28. The van der Waals surface area contributed by atoms with E-state index < -0.39 is 29.2 Å². The molecule has 0 fully saturated rings. The quantitative estimate of drug-likeness (QED) is 0.140. The van der Waals surface area contributed by atoms with E-state index in [1.807, 2.05) is 36.4 Å². The first-order valence-corrected chi connectivity index (χ1v) is 15.4. The van der Waals surface area contributed by atoms with E-state index in [2.05, 4.69) is 51.6 Å². The second kappa shape index (κ2) is 11.5. The normalized spacial score (nSPS) is 13.4. The second-order valence-corrected chi connectivity index (χ2v) is 16.3. The summed E-state index contributed by atoms with van der Waals surface area (Å²) in [5.74, 6) is -0.456. The topological polar surface area (TPSA) is 43.4 Å². The van der Waals surface area contributed by atoms with Crippen LogP contribution in [0.5, 0.6) is 0 Å². The van der Waals surface area contributed by atoms with Crippen molar-refractivity contribution in [2.24, 2.45) is 0 Å². The third-order valence-electron chi connectivity index (χ3n) is 6.42. The van der Waals surface area contributed by atoms with Crippen LogP contribution in [-0.2, 0) is 14.3 Å². The Balaban J connectivity index is 1.85. The lowest BCUT2D eigenvalue weighted by molar-refractivity contribution is 0.287. The van der Waals surface area contributed by atoms with Crippen LogP contribution in [0.15, 0.2) is 102 Å². The molecule has 0 saturated carbocycles. The van der Waals surface area contributed by atoms with Crippen LogP contribution in [0.25, 0.3) is 0 Å². The monoisotopic (exact) mass is 510 g/mol. The molecule has 3 rings (SSSR count). The SMILES string of the molecule is C=CCC(CCCO[Si](c1ccccc1)(c1ccccc1)C(C)(C)C)S(=O)(=O)c1ccc(F)cc1. The van der Waals surface area contributed by atoms with Gasteiger partial charge in [0.15, 0.2) is 9.84 Å². The fourth-order valence-corrected chi connectivity index (χ4v) is 11.1. The maximum absolute atomic E-state index is 13.3. The molecule has 1 unspecified atom stereocenters. The van der Waals surface area contributed by atoms with Gasteiger partial charge in [-0.15, -0.1) is 6.58 Å². The molecule has 186 valence electrons. The molecule has 6 heteroatoms. The number of benzene rings is 3. The number of rotatable bonds is 11. The number of sulfone groups is 1. The van der Waals surface area contributed by atoms with E-state index >= 15 is 0 Å². The maximum Gasteiger partial charge on any atom is 0.261 e. The molecule has 3 aromatic carbocycles. The minimum Gasteiger partial charge on any atom is -0.407 e. The van der Waals surface area contributed by atoms with Crippen LogP contribution in [0.4, 0.5) is 4.39 Å². The van der Waals surface area contributed by atoms with E-state index in [4.69, 9.17) is 4.43 Å². The van der Waals surface area contributed by atoms with Crippen molar-refractivity contribution in [3.05, 3.63) is 103 Å². The van der Waals surface area contributed by atoms with Gasteiger partial charge in [0.25, 0.3) is 8.32 Å². The van der Waals surface area contributed by atoms with Crippen LogP contribution < -0.4 is 10.4 Å². The summed E-state index contributed by atoms with van der Waals surface area (Å²) in [5.41, 5.74) is 0. The molecular formula is C29H35FO3SSi. The van der Waals surface area contributed by atoms with Crippen molar-refractivity contribution >= 4 is 28.5 Å². The van der Waals surface area contributed by atoms with E-state index in [0.29, 0.717) is 25.9 Å². The third-order valence-corrected chi connectivity index (χ3v) is 13.7. The fraction of sp³-hybridized carbons (Fsp3) is 0.310. The molecule has 3 nitrogen and oxygen atoms in total. The summed E-state index contributed by atoms with van der Waals surface area (Å²) >= 11 is 0. The molecule has 0 aliphatic rings. The molecule has 1 atom stereocenters. The minimum absolute atomic E-state index is 0.138. The molecule has 0 aliphatic carbocycles. The first-order chi connectivity index (χ1) is 16.6. The summed E-state index contributed by atoms with van der Waals surface area (Å²) in [6, 6.07) is 25.8. The van der Waals surface area contributed by atoms with Crippen molar-refractivity contribution in [3.63, 3.8) is 0 Å². The maximum atomic E-state index is 13.3. The molecule has 3 aromatic rings. The highest BCUT2D eigenvalue weighted by molar-refractivity contribution is 7.92. The standard InChI is InChI=1S/C29H35FO3SSi/c1-5-13-25(34(31,32)26-21-19-24(30)20-22-26)14-12-23-33-35(29(2,3)4,27-15-8-6-9-16-27)28-17-10-7-11-18-28/h5-11,15-22,25H,1,12-14,23H2,2-4H3. The Labute approximate surface area is 210 Å². The highest BCUT2D eigenvalue weighted by atomic mass is 32.2. The zero-order chi connectivity index (χ0) is 25.5. The van der Waals surface area contributed by atoms with Crippen LogP contribution in [0, 0.1) is 5.82 Å². The Hall–Kier alpha value is -2.54. The Morgan fingerprint density at radius 1 is 0.914 bits per heavy atom. The second-order valence-electron chi connectivity index (χ2n) is 9.80. The molecule has 0 aromatic heterocycles. The van der Waals surface area contributed by atoms with Crippen LogP contribution in [0.1, 0.15) is 40.0 Å². The van der Waals surface area contributed by atoms with E-state index in [0.717, 1.165) is 0 Å². The van der Waals surface area contributed by atoms with E-state index in [1.165, 1.54) is 34.6 Å². The van der Waals surface area contributed by atoms with Gasteiger partial charge in [0.05, 0.1) is 10.1 Å². The van der Waals surface area contributed by atoms with E-state index in [1.54, 1.807) is 6.08 Å². The zero-order valence-corrected chi connectivity index (χ0v) is 22.6. The first kappa shape index (κ1) is 27.1. The summed E-state index contributed by atoms with van der Waals surface area (Å²) < 4.78 is 46.7. The van der Waals surface area contributed by atoms with Crippen LogP contribution >= 0.6 is 0 Å². The Morgan fingerprint density at radius 2 is 1.43 bits per heavy atom. The van der Waals surface area contributed by atoms with E-state index in [-0.39, 0.29) is 9.93 Å². The predicted octanol–water partition coefficient (Wildman–Crippen LogP) is 5.90. The van der Waals surface area contributed by atoms with Crippen LogP contribution in [0.2, 0.25) is 5.04 Å². The highest BCUT2D eigenvalue weighted by Gasteiger charge is 2.50. The van der Waals surface area contributed by atoms with Gasteiger partial charge in [-0.1, -0.05) is 87.5 Å². The summed E-state index contributed by atoms with van der Waals surface area (Å²) in [6.45, 7) is 10.9. The molecule has 0 heterocycles. The largest absolute Gasteiger partial charge is 0.407 e. The molecule has 0 radical (unpaired) electrons. The molecule has 0 spiro atoms. The average molecular weight is 511 g/mol. The van der Waals surface area contributed by atoms with Crippen molar-refractivity contribution < 1.29 is 17.2 Å². The molecule has 0 bridgehead atoms. The lowest BCUT2D eigenvalue weighted by Gasteiger charge is -2.43. The summed E-state index contributed by atoms with van der Waals surface area (Å²) in [4.78, 5) is 0.138. The van der Waals surface area contributed by atoms with Crippen molar-refractivity contribution in [1.29, 1.82) is 0 Å². The lowest BCUT2D eigenvalue weighted by atomic mass is 10.2. The molecule has 35 heavy (non-hydrogen) atoms. The van der Waals surface area contributed by atoms with Crippen molar-refractivity contribution in [1.82, 2.24) is 0 Å². The van der Waals surface area contributed by atoms with Gasteiger partial charge in [-0.2, -0.15) is 0 Å². The Bertz CT molecular complexity index is 1150. The first-order valence-electron chi connectivity index (χ1n) is 12.0. The van der Waals surface area contributed by atoms with Crippen LogP contribution in [0.3, 0.4) is 0 Å². The van der Waals surface area contributed by atoms with Gasteiger partial charge in [0.1, 0.15) is 5.82 Å². The van der Waals surface area contributed by atoms with Gasteiger partial charge in [-0.05, 0) is 58.9 Å². The Kier molecular flexibility index (Phi) is 8.86. The highest BCUT2D eigenvalue weighted by Crippen LogP contribution is 2.37. The van der Waals surface area contributed by atoms with Gasteiger partial charge >= 0.3 is 0 Å². The van der Waals surface area contributed by atoms with Crippen molar-refractivity contribution in [2.45, 2.75) is 55.2 Å². The summed E-state index contributed by atoms with van der Waals surface area (Å²) in [6.07, 6.45) is 2.99. The number of hydrogen-bond donors (Lipinski definition) is 0. The van der Waals surface area contributed by atoms with Gasteiger partial charge in [-0.3, -0.25) is 0 Å². The molecule has 0 N–H and O–H groups in total. The minimum atomic E-state index is -3.61. The zero-order valence-electron chi connectivity index (χ0n) is 20.8. The molecule has 0 amide bonds. The van der Waals surface area contributed by atoms with Gasteiger partial charge < -0.3 is 4.43 Å². The number of allylic oxidation sites excluding steroid dienone is 1. The average Bonchev–Trinajstić information content (AvgIpc) is 2.84. The Morgan fingerprint density at radius 3 is 1.89 bits per heavy atom. The number of hydrogen-bond acceptors (Lipinski definition) is 3. The summed E-state index contributed by atoms with van der Waals surface area (Å²) in [5, 5.41) is 1.62. The fourth-order valence-electron chi connectivity index (χ4n) is 4.70. The van der Waals surface area contributed by atoms with Crippen molar-refractivity contribution in [3.8, 4) is 0 Å². The van der Waals surface area contributed by atoms with Crippen molar-refractivity contribution in [2.75, 3.05) is 6.61 Å². The van der Waals surface area contributed by atoms with E-state index in [9.17, 15) is 12.8 Å². The van der Waals surface area contributed by atoms with Crippen LogP contribution in [-0.4, -0.2) is 28.6 Å². The van der Waals surface area contributed by atoms with Gasteiger partial charge in [0, 0.05) is 6.61 Å². The molecular weight excluding hydrogens is 475 g/mol. The van der Waals surface area contributed by atoms with Gasteiger partial charge in [0.2, 0.25) is 0 Å². The predicted molar refractivity (Wildman–Crippen MR) is 145 cm³/mol. The molecule has 0 aliphatic heterocycles. The third kappa shape index (κ3) is 6.00. The lowest BCUT2D eigenvalue weighted by Crippen LogP contribution is -2.66. The smallest absolute Gasteiger partial charge is 0.261 e. The number of halogens is 1.